The van der Waals surface area contributed by atoms with Gasteiger partial charge in [0, 0.05) is 23.9 Å². The highest BCUT2D eigenvalue weighted by atomic mass is 32.2. The van der Waals surface area contributed by atoms with Gasteiger partial charge in [0.05, 0.1) is 11.4 Å². The number of hydrogen-bond donors (Lipinski definition) is 0. The van der Waals surface area contributed by atoms with Crippen LogP contribution in [0.4, 0.5) is 0 Å². The maximum absolute atomic E-state index is 12.2. The Balaban J connectivity index is 1.69. The molecule has 0 atom stereocenters. The normalized spacial score (nSPS) is 17.7. The molecule has 1 aliphatic rings. The molecule has 2 heterocycles. The number of piperidine rings is 1. The molecule has 23 heavy (non-hydrogen) atoms. The molecule has 1 fully saturated rings. The quantitative estimate of drug-likeness (QED) is 0.856. The fraction of sp³-hybridized carbons (Fsp3) is 0.500. The Kier molecular flexibility index (Phi) is 4.50. The van der Waals surface area contributed by atoms with Crippen molar-refractivity contribution in [2.45, 2.75) is 38.0 Å². The third kappa shape index (κ3) is 3.30. The summed E-state index contributed by atoms with van der Waals surface area (Å²) in [5.74, 6) is 0.522. The summed E-state index contributed by atoms with van der Waals surface area (Å²) in [5, 5.41) is 9.60. The van der Waals surface area contributed by atoms with Crippen molar-refractivity contribution in [2.75, 3.05) is 13.1 Å². The van der Waals surface area contributed by atoms with E-state index in [-0.39, 0.29) is 11.4 Å². The van der Waals surface area contributed by atoms with Gasteiger partial charge in [-0.1, -0.05) is 18.2 Å². The molecule has 0 saturated carbocycles. The first-order valence-electron chi connectivity index (χ1n) is 7.84. The molecule has 0 spiro atoms. The van der Waals surface area contributed by atoms with Gasteiger partial charge in [-0.25, -0.2) is 12.7 Å². The van der Waals surface area contributed by atoms with E-state index in [0.29, 0.717) is 31.8 Å². The second kappa shape index (κ2) is 6.41. The lowest BCUT2D eigenvalue weighted by atomic mass is 10.1. The zero-order chi connectivity index (χ0) is 16.4. The van der Waals surface area contributed by atoms with Crippen LogP contribution in [0, 0.1) is 0 Å². The van der Waals surface area contributed by atoms with Crippen LogP contribution >= 0.6 is 0 Å². The molecule has 3 rings (SSSR count). The predicted octanol–water partition coefficient (Wildman–Crippen LogP) is 2.21. The number of rotatable bonds is 4. The molecule has 1 saturated heterocycles. The van der Waals surface area contributed by atoms with Crippen LogP contribution in [-0.2, 0) is 10.0 Å². The Hall–Kier alpha value is -1.73. The Morgan fingerprint density at radius 1 is 1.22 bits per heavy atom. The van der Waals surface area contributed by atoms with Crippen molar-refractivity contribution in [1.29, 1.82) is 0 Å². The highest BCUT2D eigenvalue weighted by Crippen LogP contribution is 2.25. The van der Waals surface area contributed by atoms with Crippen LogP contribution in [0.3, 0.4) is 0 Å². The second-order valence-corrected chi connectivity index (χ2v) is 8.54. The number of hydrogen-bond acceptors (Lipinski definition) is 5. The van der Waals surface area contributed by atoms with E-state index in [1.54, 1.807) is 24.3 Å². The van der Waals surface area contributed by atoms with Crippen LogP contribution in [0.1, 0.15) is 26.7 Å². The van der Waals surface area contributed by atoms with Gasteiger partial charge in [0.25, 0.3) is 0 Å². The van der Waals surface area contributed by atoms with E-state index in [9.17, 15) is 8.42 Å². The van der Waals surface area contributed by atoms with Gasteiger partial charge in [-0.3, -0.25) is 0 Å². The van der Waals surface area contributed by atoms with Crippen LogP contribution in [0.5, 0.6) is 5.88 Å². The molecule has 6 nitrogen and oxygen atoms in total. The van der Waals surface area contributed by atoms with Crippen LogP contribution < -0.4 is 4.74 Å². The minimum Gasteiger partial charge on any atom is -0.473 e. The van der Waals surface area contributed by atoms with Gasteiger partial charge in [-0.15, -0.1) is 5.10 Å². The summed E-state index contributed by atoms with van der Waals surface area (Å²) in [6.07, 6.45) is 3.00. The van der Waals surface area contributed by atoms with Gasteiger partial charge in [0.15, 0.2) is 0 Å². The summed E-state index contributed by atoms with van der Waals surface area (Å²) in [5.41, 5.74) is 0. The minimum absolute atomic E-state index is 0.0336. The van der Waals surface area contributed by atoms with E-state index in [1.807, 2.05) is 24.3 Å². The third-order valence-electron chi connectivity index (χ3n) is 4.17. The van der Waals surface area contributed by atoms with Crippen molar-refractivity contribution in [1.82, 2.24) is 14.5 Å². The van der Waals surface area contributed by atoms with Gasteiger partial charge in [0.1, 0.15) is 6.10 Å². The number of fused-ring (bicyclic) bond motifs is 1. The summed E-state index contributed by atoms with van der Waals surface area (Å²) in [6, 6.07) is 7.81. The molecular weight excluding hydrogens is 314 g/mol. The van der Waals surface area contributed by atoms with Gasteiger partial charge in [0.2, 0.25) is 15.9 Å². The first kappa shape index (κ1) is 16.1. The maximum Gasteiger partial charge on any atom is 0.241 e. The van der Waals surface area contributed by atoms with Crippen LogP contribution in [0.25, 0.3) is 10.8 Å². The molecule has 1 aromatic heterocycles. The Labute approximate surface area is 136 Å². The van der Waals surface area contributed by atoms with Gasteiger partial charge in [-0.2, -0.15) is 5.10 Å². The summed E-state index contributed by atoms with van der Waals surface area (Å²) in [7, 11) is -3.18. The van der Waals surface area contributed by atoms with Gasteiger partial charge < -0.3 is 4.74 Å². The number of sulfonamides is 1. The maximum atomic E-state index is 12.2. The summed E-state index contributed by atoms with van der Waals surface area (Å²) in [4.78, 5) is 0. The van der Waals surface area contributed by atoms with Crippen molar-refractivity contribution in [3.8, 4) is 5.88 Å². The van der Waals surface area contributed by atoms with E-state index < -0.39 is 10.0 Å². The average Bonchev–Trinajstić information content (AvgIpc) is 2.55. The monoisotopic (exact) mass is 335 g/mol. The fourth-order valence-corrected chi connectivity index (χ4v) is 4.07. The SMILES string of the molecule is CC(C)S(=O)(=O)N1CCC(Oc2nncc3ccccc23)CC1. The highest BCUT2D eigenvalue weighted by molar-refractivity contribution is 7.89. The topological polar surface area (TPSA) is 72.4 Å². The number of benzene rings is 1. The molecule has 0 unspecified atom stereocenters. The number of aromatic nitrogens is 2. The molecule has 0 radical (unpaired) electrons. The average molecular weight is 335 g/mol. The molecule has 2 aromatic rings. The first-order chi connectivity index (χ1) is 11.0. The molecular formula is C16H21N3O3S. The lowest BCUT2D eigenvalue weighted by Crippen LogP contribution is -2.44. The van der Waals surface area contributed by atoms with Gasteiger partial charge in [-0.05, 0) is 32.8 Å². The number of nitrogens with zero attached hydrogens (tertiary/aromatic N) is 3. The highest BCUT2D eigenvalue weighted by Gasteiger charge is 2.31. The predicted molar refractivity (Wildman–Crippen MR) is 88.8 cm³/mol. The summed E-state index contributed by atoms with van der Waals surface area (Å²) >= 11 is 0. The summed E-state index contributed by atoms with van der Waals surface area (Å²) in [6.45, 7) is 4.40. The van der Waals surface area contributed by atoms with E-state index in [4.69, 9.17) is 4.74 Å². The van der Waals surface area contributed by atoms with Crippen LogP contribution in [-0.4, -0.2) is 47.4 Å². The van der Waals surface area contributed by atoms with E-state index in [2.05, 4.69) is 10.2 Å². The first-order valence-corrected chi connectivity index (χ1v) is 9.35. The zero-order valence-corrected chi connectivity index (χ0v) is 14.2. The van der Waals surface area contributed by atoms with Crippen molar-refractivity contribution >= 4 is 20.8 Å². The molecule has 0 N–H and O–H groups in total. The molecule has 0 aliphatic carbocycles. The largest absolute Gasteiger partial charge is 0.473 e. The Morgan fingerprint density at radius 3 is 2.61 bits per heavy atom. The van der Waals surface area contributed by atoms with E-state index >= 15 is 0 Å². The van der Waals surface area contributed by atoms with Crippen molar-refractivity contribution in [3.05, 3.63) is 30.5 Å². The van der Waals surface area contributed by atoms with Crippen molar-refractivity contribution in [2.24, 2.45) is 0 Å². The number of ether oxygens (including phenoxy) is 1. The van der Waals surface area contributed by atoms with Crippen molar-refractivity contribution < 1.29 is 13.2 Å². The summed E-state index contributed by atoms with van der Waals surface area (Å²) < 4.78 is 31.9. The third-order valence-corrected chi connectivity index (χ3v) is 6.45. The van der Waals surface area contributed by atoms with E-state index in [1.165, 1.54) is 0 Å². The zero-order valence-electron chi connectivity index (χ0n) is 13.3. The Bertz CT molecular complexity index is 779. The Morgan fingerprint density at radius 2 is 1.91 bits per heavy atom. The van der Waals surface area contributed by atoms with Gasteiger partial charge >= 0.3 is 0 Å². The molecule has 0 bridgehead atoms. The van der Waals surface area contributed by atoms with Crippen LogP contribution in [0.15, 0.2) is 30.5 Å². The van der Waals surface area contributed by atoms with E-state index in [0.717, 1.165) is 10.8 Å². The van der Waals surface area contributed by atoms with Crippen molar-refractivity contribution in [3.63, 3.8) is 0 Å². The lowest BCUT2D eigenvalue weighted by molar-refractivity contribution is 0.130. The smallest absolute Gasteiger partial charge is 0.241 e. The standard InChI is InChI=1S/C16H21N3O3S/c1-12(2)23(20,21)19-9-7-14(8-10-19)22-16-15-6-4-3-5-13(15)11-17-18-16/h3-6,11-12,14H,7-10H2,1-2H3. The lowest BCUT2D eigenvalue weighted by Gasteiger charge is -2.32. The molecule has 124 valence electrons. The molecule has 1 aliphatic heterocycles. The van der Waals surface area contributed by atoms with Crippen LogP contribution in [0.2, 0.25) is 0 Å². The fourth-order valence-electron chi connectivity index (χ4n) is 2.75. The molecule has 1 aromatic carbocycles. The second-order valence-electron chi connectivity index (χ2n) is 6.05. The molecule has 7 heteroatoms. The minimum atomic E-state index is -3.18. The molecule has 0 amide bonds.